The van der Waals surface area contributed by atoms with Gasteiger partial charge < -0.3 is 20.3 Å². The molecule has 1 saturated heterocycles. The lowest BCUT2D eigenvalue weighted by atomic mass is 10.0. The maximum Gasteiger partial charge on any atom is 0.261 e. The van der Waals surface area contributed by atoms with Crippen LogP contribution in [-0.2, 0) is 11.2 Å². The lowest BCUT2D eigenvalue weighted by molar-refractivity contribution is -0.122. The molecule has 0 bridgehead atoms. The number of rotatable bonds is 4. The Balaban J connectivity index is 1.32. The maximum absolute atomic E-state index is 13.2. The number of ether oxygens (including phenoxy) is 1. The van der Waals surface area contributed by atoms with Gasteiger partial charge in [-0.25, -0.2) is 9.50 Å². The molecule has 3 aromatic rings. The van der Waals surface area contributed by atoms with Crippen LogP contribution in [0.2, 0.25) is 0 Å². The van der Waals surface area contributed by atoms with E-state index in [0.29, 0.717) is 23.0 Å². The van der Waals surface area contributed by atoms with Crippen molar-refractivity contribution < 1.29 is 14.3 Å². The molecular weight excluding hydrogens is 420 g/mol. The minimum absolute atomic E-state index is 0.0961. The molecule has 2 aliphatic heterocycles. The first kappa shape index (κ1) is 20.0. The van der Waals surface area contributed by atoms with Gasteiger partial charge in [0.25, 0.3) is 5.91 Å². The van der Waals surface area contributed by atoms with Crippen LogP contribution in [0.25, 0.3) is 5.65 Å². The molecular formula is C24H26N6O3. The van der Waals surface area contributed by atoms with Crippen molar-refractivity contribution in [2.75, 3.05) is 30.4 Å². The number of amides is 2. The second-order valence-corrected chi connectivity index (χ2v) is 9.79. The van der Waals surface area contributed by atoms with Crippen LogP contribution in [0.3, 0.4) is 0 Å². The number of piperidine rings is 1. The first-order valence-electron chi connectivity index (χ1n) is 11.3. The highest BCUT2D eigenvalue weighted by Crippen LogP contribution is 2.54. The standard InChI is InChI=1S/C24H26N6O3/c1-24(2)9-13-7-17(28-22(31)14-10-27-30-6-4-5-26-21(14)30)18(8-19(13)33-24)29-11-15-16(12-29)20(15)23(32)25-3/h4-8,10,15-16,20H,9,11-12H2,1-3H3,(H,25,32)(H,28,31)/t15-,16?,20?/m0/s1. The van der Waals surface area contributed by atoms with E-state index in [0.717, 1.165) is 42.2 Å². The van der Waals surface area contributed by atoms with Crippen LogP contribution in [0.15, 0.2) is 36.8 Å². The number of fused-ring (bicyclic) bond motifs is 3. The summed E-state index contributed by atoms with van der Waals surface area (Å²) in [4.78, 5) is 31.9. The number of nitrogens with one attached hydrogen (secondary N) is 2. The highest BCUT2D eigenvalue weighted by molar-refractivity contribution is 6.09. The molecule has 33 heavy (non-hydrogen) atoms. The van der Waals surface area contributed by atoms with Gasteiger partial charge in [0.15, 0.2) is 5.65 Å². The molecule has 6 rings (SSSR count). The third kappa shape index (κ3) is 3.21. The fourth-order valence-corrected chi connectivity index (χ4v) is 5.46. The molecule has 3 aliphatic rings. The number of hydrogen-bond donors (Lipinski definition) is 2. The fourth-order valence-electron chi connectivity index (χ4n) is 5.46. The van der Waals surface area contributed by atoms with E-state index in [9.17, 15) is 9.59 Å². The van der Waals surface area contributed by atoms with Gasteiger partial charge >= 0.3 is 0 Å². The average molecular weight is 447 g/mol. The molecule has 170 valence electrons. The number of carbonyl (C=O) groups is 2. The highest BCUT2D eigenvalue weighted by Gasteiger charge is 2.59. The first-order chi connectivity index (χ1) is 15.8. The Kier molecular flexibility index (Phi) is 4.21. The number of hydrogen-bond acceptors (Lipinski definition) is 6. The summed E-state index contributed by atoms with van der Waals surface area (Å²) in [6.45, 7) is 5.70. The van der Waals surface area contributed by atoms with Crippen molar-refractivity contribution in [3.05, 3.63) is 47.9 Å². The van der Waals surface area contributed by atoms with Crippen molar-refractivity contribution in [2.24, 2.45) is 17.8 Å². The molecule has 2 amide bonds. The van der Waals surface area contributed by atoms with E-state index in [4.69, 9.17) is 4.74 Å². The van der Waals surface area contributed by atoms with Crippen molar-refractivity contribution in [1.82, 2.24) is 19.9 Å². The summed E-state index contributed by atoms with van der Waals surface area (Å²) in [5.41, 5.74) is 3.39. The SMILES string of the molecule is CNC(=O)C1C2CN(c3cc4c(cc3NC(=O)c3cnn5cccnc35)CC(C)(C)O4)C[C@@H]21. The Morgan fingerprint density at radius 3 is 2.76 bits per heavy atom. The number of benzene rings is 1. The predicted octanol–water partition coefficient (Wildman–Crippen LogP) is 2.12. The summed E-state index contributed by atoms with van der Waals surface area (Å²) in [5, 5.41) is 10.1. The summed E-state index contributed by atoms with van der Waals surface area (Å²) in [7, 11) is 1.69. The van der Waals surface area contributed by atoms with Gasteiger partial charge in [0.1, 0.15) is 16.9 Å². The van der Waals surface area contributed by atoms with Crippen LogP contribution in [0.4, 0.5) is 11.4 Å². The van der Waals surface area contributed by atoms with Crippen LogP contribution in [0, 0.1) is 17.8 Å². The molecule has 1 aromatic carbocycles. The zero-order valence-electron chi connectivity index (χ0n) is 18.8. The zero-order valence-corrected chi connectivity index (χ0v) is 18.8. The molecule has 9 heteroatoms. The van der Waals surface area contributed by atoms with Crippen LogP contribution in [0.1, 0.15) is 29.8 Å². The number of anilines is 2. The van der Waals surface area contributed by atoms with Crippen molar-refractivity contribution in [2.45, 2.75) is 25.9 Å². The van der Waals surface area contributed by atoms with Crippen LogP contribution >= 0.6 is 0 Å². The minimum Gasteiger partial charge on any atom is -0.487 e. The largest absolute Gasteiger partial charge is 0.487 e. The monoisotopic (exact) mass is 446 g/mol. The smallest absolute Gasteiger partial charge is 0.261 e. The van der Waals surface area contributed by atoms with Crippen LogP contribution < -0.4 is 20.3 Å². The summed E-state index contributed by atoms with van der Waals surface area (Å²) >= 11 is 0. The minimum atomic E-state index is -0.286. The molecule has 4 heterocycles. The van der Waals surface area contributed by atoms with Crippen molar-refractivity contribution in [3.63, 3.8) is 0 Å². The second-order valence-electron chi connectivity index (χ2n) is 9.79. The van der Waals surface area contributed by atoms with Gasteiger partial charge in [0.05, 0.1) is 17.6 Å². The van der Waals surface area contributed by atoms with E-state index in [1.165, 1.54) is 6.20 Å². The summed E-state index contributed by atoms with van der Waals surface area (Å²) in [6.07, 6.45) is 5.72. The highest BCUT2D eigenvalue weighted by atomic mass is 16.5. The topological polar surface area (TPSA) is 101 Å². The first-order valence-corrected chi connectivity index (χ1v) is 11.3. The van der Waals surface area contributed by atoms with E-state index in [1.807, 2.05) is 12.1 Å². The normalized spacial score (nSPS) is 24.2. The summed E-state index contributed by atoms with van der Waals surface area (Å²) in [5.74, 6) is 1.52. The molecule has 2 N–H and O–H groups in total. The van der Waals surface area contributed by atoms with Crippen molar-refractivity contribution >= 4 is 28.8 Å². The molecule has 1 saturated carbocycles. The second kappa shape index (κ2) is 6.94. The molecule has 2 aromatic heterocycles. The molecule has 0 spiro atoms. The van der Waals surface area contributed by atoms with Crippen molar-refractivity contribution in [3.8, 4) is 5.75 Å². The number of carbonyl (C=O) groups excluding carboxylic acids is 2. The lowest BCUT2D eigenvalue weighted by Gasteiger charge is -2.25. The average Bonchev–Trinajstić information content (AvgIpc) is 3.14. The molecule has 3 atom stereocenters. The van der Waals surface area contributed by atoms with Gasteiger partial charge in [-0.15, -0.1) is 0 Å². The van der Waals surface area contributed by atoms with Gasteiger partial charge in [0, 0.05) is 56.5 Å². The Morgan fingerprint density at radius 2 is 2.00 bits per heavy atom. The van der Waals surface area contributed by atoms with E-state index in [1.54, 1.807) is 30.0 Å². The number of nitrogens with zero attached hydrogens (tertiary/aromatic N) is 4. The zero-order chi connectivity index (χ0) is 22.9. The van der Waals surface area contributed by atoms with E-state index >= 15 is 0 Å². The number of aromatic nitrogens is 3. The molecule has 0 radical (unpaired) electrons. The van der Waals surface area contributed by atoms with Crippen LogP contribution in [-0.4, -0.2) is 52.2 Å². The third-order valence-corrected chi connectivity index (χ3v) is 7.04. The van der Waals surface area contributed by atoms with Gasteiger partial charge in [-0.05, 0) is 37.8 Å². The van der Waals surface area contributed by atoms with Gasteiger partial charge in [-0.1, -0.05) is 0 Å². The van der Waals surface area contributed by atoms with Gasteiger partial charge in [-0.2, -0.15) is 5.10 Å². The molecule has 9 nitrogen and oxygen atoms in total. The fraction of sp³-hybridized carbons (Fsp3) is 0.417. The summed E-state index contributed by atoms with van der Waals surface area (Å²) < 4.78 is 7.76. The maximum atomic E-state index is 13.2. The quantitative estimate of drug-likeness (QED) is 0.637. The van der Waals surface area contributed by atoms with Crippen molar-refractivity contribution in [1.29, 1.82) is 0 Å². The third-order valence-electron chi connectivity index (χ3n) is 7.04. The Morgan fingerprint density at radius 1 is 1.21 bits per heavy atom. The lowest BCUT2D eigenvalue weighted by Crippen LogP contribution is -2.30. The van der Waals surface area contributed by atoms with Gasteiger partial charge in [-0.3, -0.25) is 9.59 Å². The molecule has 1 aliphatic carbocycles. The van der Waals surface area contributed by atoms with Gasteiger partial charge in [0.2, 0.25) is 5.91 Å². The van der Waals surface area contributed by atoms with E-state index in [2.05, 4.69) is 39.5 Å². The van der Waals surface area contributed by atoms with E-state index in [-0.39, 0.29) is 23.3 Å². The van der Waals surface area contributed by atoms with E-state index < -0.39 is 0 Å². The van der Waals surface area contributed by atoms with Crippen LogP contribution in [0.5, 0.6) is 5.75 Å². The molecule has 2 unspecified atom stereocenters. The Hall–Kier alpha value is -3.62. The Bertz CT molecular complexity index is 1290. The molecule has 2 fully saturated rings. The summed E-state index contributed by atoms with van der Waals surface area (Å²) in [6, 6.07) is 5.83. The Labute approximate surface area is 191 Å². The predicted molar refractivity (Wildman–Crippen MR) is 123 cm³/mol.